The Kier molecular flexibility index (Phi) is 4.87. The molecule has 0 spiro atoms. The Morgan fingerprint density at radius 2 is 2.36 bits per heavy atom. The van der Waals surface area contributed by atoms with Crippen molar-refractivity contribution in [3.63, 3.8) is 0 Å². The Hall–Kier alpha value is -1.27. The predicted molar refractivity (Wildman–Crippen MR) is 40.8 cm³/mol. The fraction of sp³-hybridized carbons (Fsp3) is 0.375. The van der Waals surface area contributed by atoms with Gasteiger partial charge in [0.15, 0.2) is 0 Å². The van der Waals surface area contributed by atoms with Crippen molar-refractivity contribution < 1.29 is 15.0 Å². The largest absolute Gasteiger partial charge is 0.472 e. The van der Waals surface area contributed by atoms with Crippen molar-refractivity contribution >= 4 is 5.97 Å². The van der Waals surface area contributed by atoms with Crippen LogP contribution in [-0.4, -0.2) is 22.3 Å². The van der Waals surface area contributed by atoms with Gasteiger partial charge < -0.3 is 10.2 Å². The molecule has 0 heterocycles. The van der Waals surface area contributed by atoms with Gasteiger partial charge >= 0.3 is 5.97 Å². The molecule has 1 atom stereocenters. The monoisotopic (exact) mass is 154 g/mol. The van der Waals surface area contributed by atoms with Crippen molar-refractivity contribution in [3.8, 4) is 11.8 Å². The average molecular weight is 154 g/mol. The summed E-state index contributed by atoms with van der Waals surface area (Å²) < 4.78 is 0. The van der Waals surface area contributed by atoms with E-state index in [0.29, 0.717) is 0 Å². The van der Waals surface area contributed by atoms with Crippen LogP contribution in [0, 0.1) is 11.8 Å². The summed E-state index contributed by atoms with van der Waals surface area (Å²) in [5.41, 5.74) is 0. The van der Waals surface area contributed by atoms with Gasteiger partial charge in [-0.3, -0.25) is 0 Å². The van der Waals surface area contributed by atoms with Crippen molar-refractivity contribution in [1.82, 2.24) is 0 Å². The van der Waals surface area contributed by atoms with E-state index in [1.165, 1.54) is 0 Å². The van der Waals surface area contributed by atoms with Crippen LogP contribution in [0.1, 0.15) is 13.3 Å². The maximum atomic E-state index is 9.87. The van der Waals surface area contributed by atoms with Gasteiger partial charge in [0.05, 0.1) is 6.10 Å². The lowest BCUT2D eigenvalue weighted by atomic mass is 10.2. The van der Waals surface area contributed by atoms with Crippen molar-refractivity contribution in [2.75, 3.05) is 0 Å². The summed E-state index contributed by atoms with van der Waals surface area (Å²) in [6, 6.07) is 0. The zero-order valence-electron chi connectivity index (χ0n) is 6.24. The summed E-state index contributed by atoms with van der Waals surface area (Å²) in [7, 11) is 0. The second-order valence-corrected chi connectivity index (χ2v) is 1.90. The van der Waals surface area contributed by atoms with Crippen LogP contribution in [0.2, 0.25) is 0 Å². The summed E-state index contributed by atoms with van der Waals surface area (Å²) >= 11 is 0. The molecule has 0 aliphatic carbocycles. The highest BCUT2D eigenvalue weighted by Crippen LogP contribution is 1.90. The van der Waals surface area contributed by atoms with Gasteiger partial charge in [0.25, 0.3) is 0 Å². The number of rotatable bonds is 2. The summed E-state index contributed by atoms with van der Waals surface area (Å²) in [4.78, 5) is 9.87. The molecule has 11 heavy (non-hydrogen) atoms. The fourth-order valence-corrected chi connectivity index (χ4v) is 0.521. The highest BCUT2D eigenvalue weighted by molar-refractivity contribution is 5.86. The number of hydrogen-bond acceptors (Lipinski definition) is 2. The highest BCUT2D eigenvalue weighted by Gasteiger charge is 1.93. The minimum absolute atomic E-state index is 0.163. The van der Waals surface area contributed by atoms with E-state index in [4.69, 9.17) is 10.2 Å². The number of aliphatic hydroxyl groups is 1. The number of carboxylic acid groups (broad SMARTS) is 1. The van der Waals surface area contributed by atoms with Crippen molar-refractivity contribution in [2.24, 2.45) is 0 Å². The summed E-state index contributed by atoms with van der Waals surface area (Å²) in [5.74, 6) is 3.06. The standard InChI is InChI=1S/C8H10O3/c1-2-4-7(9)5-3-6-8(10)11/h2,4,7,9H,5H2,1H3,(H,10,11). The molecule has 0 aromatic carbocycles. The third-order valence-corrected chi connectivity index (χ3v) is 0.921. The van der Waals surface area contributed by atoms with Crippen LogP contribution in [0.4, 0.5) is 0 Å². The summed E-state index contributed by atoms with van der Waals surface area (Å²) in [6.45, 7) is 1.77. The number of carboxylic acids is 1. The van der Waals surface area contributed by atoms with E-state index in [-0.39, 0.29) is 6.42 Å². The van der Waals surface area contributed by atoms with Gasteiger partial charge in [-0.15, -0.1) is 0 Å². The molecule has 0 aromatic rings. The Morgan fingerprint density at radius 1 is 1.73 bits per heavy atom. The van der Waals surface area contributed by atoms with E-state index in [0.717, 1.165) is 0 Å². The number of allylic oxidation sites excluding steroid dienone is 1. The Balaban J connectivity index is 3.72. The van der Waals surface area contributed by atoms with Crippen LogP contribution >= 0.6 is 0 Å². The van der Waals surface area contributed by atoms with Gasteiger partial charge in [0.2, 0.25) is 0 Å². The SMILES string of the molecule is CC=CC(O)CC#CC(=O)O. The normalized spacial score (nSPS) is 12.2. The van der Waals surface area contributed by atoms with E-state index >= 15 is 0 Å². The molecule has 3 nitrogen and oxygen atoms in total. The van der Waals surface area contributed by atoms with Crippen LogP contribution in [0.25, 0.3) is 0 Å². The zero-order chi connectivity index (χ0) is 8.69. The van der Waals surface area contributed by atoms with E-state index in [1.54, 1.807) is 19.1 Å². The smallest absolute Gasteiger partial charge is 0.381 e. The Morgan fingerprint density at radius 3 is 2.82 bits per heavy atom. The van der Waals surface area contributed by atoms with Crippen LogP contribution < -0.4 is 0 Å². The number of hydrogen-bond donors (Lipinski definition) is 2. The van der Waals surface area contributed by atoms with Crippen LogP contribution in [0.15, 0.2) is 12.2 Å². The first-order valence-electron chi connectivity index (χ1n) is 3.19. The maximum Gasteiger partial charge on any atom is 0.381 e. The van der Waals surface area contributed by atoms with Gasteiger partial charge in [-0.05, 0) is 6.92 Å². The maximum absolute atomic E-state index is 9.87. The molecule has 1 unspecified atom stereocenters. The fourth-order valence-electron chi connectivity index (χ4n) is 0.521. The van der Waals surface area contributed by atoms with Crippen LogP contribution in [-0.2, 0) is 4.79 Å². The Bertz CT molecular complexity index is 207. The lowest BCUT2D eigenvalue weighted by Gasteiger charge is -1.95. The van der Waals surface area contributed by atoms with Gasteiger partial charge in [-0.25, -0.2) is 4.79 Å². The van der Waals surface area contributed by atoms with Crippen molar-refractivity contribution in [3.05, 3.63) is 12.2 Å². The highest BCUT2D eigenvalue weighted by atomic mass is 16.4. The van der Waals surface area contributed by atoms with E-state index < -0.39 is 12.1 Å². The second-order valence-electron chi connectivity index (χ2n) is 1.90. The first-order chi connectivity index (χ1) is 5.16. The third kappa shape index (κ3) is 6.62. The third-order valence-electron chi connectivity index (χ3n) is 0.921. The van der Waals surface area contributed by atoms with Crippen molar-refractivity contribution in [1.29, 1.82) is 0 Å². The topological polar surface area (TPSA) is 57.5 Å². The van der Waals surface area contributed by atoms with E-state index in [9.17, 15) is 4.79 Å². The predicted octanol–water partition coefficient (Wildman–Crippen LogP) is 0.401. The average Bonchev–Trinajstić information content (AvgIpc) is 1.87. The molecule has 60 valence electrons. The number of aliphatic carboxylic acids is 1. The zero-order valence-corrected chi connectivity index (χ0v) is 6.24. The minimum Gasteiger partial charge on any atom is -0.472 e. The summed E-state index contributed by atoms with van der Waals surface area (Å²) in [5, 5.41) is 17.1. The molecule has 0 aromatic heterocycles. The molecular formula is C8H10O3. The van der Waals surface area contributed by atoms with Gasteiger partial charge in [0.1, 0.15) is 0 Å². The molecule has 2 N–H and O–H groups in total. The molecule has 0 bridgehead atoms. The van der Waals surface area contributed by atoms with Gasteiger partial charge in [0, 0.05) is 12.3 Å². The van der Waals surface area contributed by atoms with Crippen molar-refractivity contribution in [2.45, 2.75) is 19.4 Å². The molecule has 0 aliphatic heterocycles. The number of carbonyl (C=O) groups is 1. The first-order valence-corrected chi connectivity index (χ1v) is 3.19. The molecule has 0 amide bonds. The second kappa shape index (κ2) is 5.51. The molecule has 0 rings (SSSR count). The lowest BCUT2D eigenvalue weighted by molar-refractivity contribution is -0.130. The molecule has 0 saturated heterocycles. The minimum atomic E-state index is -1.17. The Labute approximate surface area is 65.4 Å². The van der Waals surface area contributed by atoms with Crippen LogP contribution in [0.3, 0.4) is 0 Å². The molecule has 0 aliphatic rings. The van der Waals surface area contributed by atoms with E-state index in [1.807, 2.05) is 5.92 Å². The lowest BCUT2D eigenvalue weighted by Crippen LogP contribution is -1.99. The molecule has 0 saturated carbocycles. The van der Waals surface area contributed by atoms with E-state index in [2.05, 4.69) is 5.92 Å². The molecule has 3 heteroatoms. The number of aliphatic hydroxyl groups excluding tert-OH is 1. The van der Waals surface area contributed by atoms with Crippen LogP contribution in [0.5, 0.6) is 0 Å². The quantitative estimate of drug-likeness (QED) is 0.447. The summed E-state index contributed by atoms with van der Waals surface area (Å²) in [6.07, 6.45) is 2.74. The van der Waals surface area contributed by atoms with Gasteiger partial charge in [-0.2, -0.15) is 0 Å². The molecule has 0 radical (unpaired) electrons. The molecule has 0 fully saturated rings. The molecular weight excluding hydrogens is 144 g/mol. The van der Waals surface area contributed by atoms with Gasteiger partial charge in [-0.1, -0.05) is 18.1 Å². The first kappa shape index (κ1) is 9.73.